The van der Waals surface area contributed by atoms with Crippen molar-refractivity contribution in [3.8, 4) is 34.0 Å². The first-order chi connectivity index (χ1) is 31.2. The van der Waals surface area contributed by atoms with Gasteiger partial charge in [-0.3, -0.25) is 0 Å². The Balaban J connectivity index is 0.976. The van der Waals surface area contributed by atoms with Gasteiger partial charge in [0.15, 0.2) is 11.2 Å². The molecule has 12 aromatic rings. The van der Waals surface area contributed by atoms with E-state index in [-0.39, 0.29) is 0 Å². The predicted molar refractivity (Wildman–Crippen MR) is 259 cm³/mol. The molecule has 298 valence electrons. The minimum absolute atomic E-state index is 0.690. The number of furan rings is 3. The summed E-state index contributed by atoms with van der Waals surface area (Å²) in [7, 11) is 0. The molecule has 0 spiro atoms. The summed E-state index contributed by atoms with van der Waals surface area (Å²) >= 11 is 0. The molecule has 0 fully saturated rings. The number of rotatable bonds is 9. The molecule has 9 aromatic carbocycles. The highest BCUT2D eigenvalue weighted by Gasteiger charge is 2.23. The Morgan fingerprint density at radius 2 is 0.603 bits per heavy atom. The Labute approximate surface area is 363 Å². The minimum atomic E-state index is 0.690. The minimum Gasteiger partial charge on any atom is -0.455 e. The topological polar surface area (TPSA) is 45.9 Å². The van der Waals surface area contributed by atoms with E-state index in [1.165, 1.54) is 0 Å². The molecule has 12 rings (SSSR count). The molecular weight excluding hydrogens is 773 g/mol. The van der Waals surface area contributed by atoms with Crippen molar-refractivity contribution in [3.05, 3.63) is 231 Å². The first-order valence-corrected chi connectivity index (χ1v) is 21.2. The fraction of sp³-hybridized carbons (Fsp3) is 0. The molecule has 0 N–H and O–H groups in total. The standard InChI is InChI=1S/C58H38N2O3/c1-6-16-39(17-7-1)54-38-51-55-49(35-30-42-36-52(61-56(42)55)40-26-31-47(32-27-40)59(43-18-8-2-9-19-43)44-20-10-3-11-21-44)50-37-53(62-57(50)58(51)63-54)41-28-33-48(34-29-41)60(45-22-12-4-13-23-45)46-24-14-5-15-25-46/h1-38H. The van der Waals surface area contributed by atoms with Gasteiger partial charge in [-0.2, -0.15) is 0 Å². The third kappa shape index (κ3) is 6.42. The molecule has 0 bridgehead atoms. The zero-order valence-corrected chi connectivity index (χ0v) is 34.1. The van der Waals surface area contributed by atoms with Gasteiger partial charge in [-0.15, -0.1) is 0 Å². The van der Waals surface area contributed by atoms with Crippen LogP contribution in [0.1, 0.15) is 0 Å². The molecule has 0 saturated heterocycles. The summed E-state index contributed by atoms with van der Waals surface area (Å²) in [6, 6.07) is 79.9. The van der Waals surface area contributed by atoms with Gasteiger partial charge in [0.1, 0.15) is 22.9 Å². The van der Waals surface area contributed by atoms with E-state index in [9.17, 15) is 0 Å². The summed E-state index contributed by atoms with van der Waals surface area (Å²) in [5.41, 5.74) is 11.6. The lowest BCUT2D eigenvalue weighted by molar-refractivity contribution is 0.598. The predicted octanol–water partition coefficient (Wildman–Crippen LogP) is 17.0. The molecule has 5 heteroatoms. The Kier molecular flexibility index (Phi) is 8.75. The van der Waals surface area contributed by atoms with Gasteiger partial charge in [0, 0.05) is 72.4 Å². The van der Waals surface area contributed by atoms with Gasteiger partial charge >= 0.3 is 0 Å². The Bertz CT molecular complexity index is 3440. The van der Waals surface area contributed by atoms with Crippen molar-refractivity contribution in [2.75, 3.05) is 9.80 Å². The molecule has 0 saturated carbocycles. The average Bonchev–Trinajstić information content (AvgIpc) is 4.12. The lowest BCUT2D eigenvalue weighted by atomic mass is 10.00. The fourth-order valence-electron chi connectivity index (χ4n) is 8.88. The van der Waals surface area contributed by atoms with E-state index in [0.29, 0.717) is 11.2 Å². The van der Waals surface area contributed by atoms with E-state index in [0.717, 1.165) is 101 Å². The van der Waals surface area contributed by atoms with Crippen molar-refractivity contribution in [1.82, 2.24) is 0 Å². The Morgan fingerprint density at radius 1 is 0.254 bits per heavy atom. The number of anilines is 6. The van der Waals surface area contributed by atoms with Crippen molar-refractivity contribution in [1.29, 1.82) is 0 Å². The number of nitrogens with zero attached hydrogens (tertiary/aromatic N) is 2. The highest BCUT2D eigenvalue weighted by molar-refractivity contribution is 6.29. The largest absolute Gasteiger partial charge is 0.455 e. The quantitative estimate of drug-likeness (QED) is 0.145. The third-order valence-corrected chi connectivity index (χ3v) is 11.9. The highest BCUT2D eigenvalue weighted by atomic mass is 16.4. The van der Waals surface area contributed by atoms with E-state index in [4.69, 9.17) is 13.3 Å². The summed E-state index contributed by atoms with van der Waals surface area (Å²) in [5, 5.41) is 4.95. The summed E-state index contributed by atoms with van der Waals surface area (Å²) in [6.07, 6.45) is 0. The fourth-order valence-corrected chi connectivity index (χ4v) is 8.88. The molecule has 0 aliphatic carbocycles. The monoisotopic (exact) mass is 810 g/mol. The molecule has 5 nitrogen and oxygen atoms in total. The number of hydrogen-bond acceptors (Lipinski definition) is 5. The lowest BCUT2D eigenvalue weighted by Gasteiger charge is -2.25. The van der Waals surface area contributed by atoms with Crippen molar-refractivity contribution >= 4 is 77.8 Å². The van der Waals surface area contributed by atoms with Crippen LogP contribution in [-0.4, -0.2) is 0 Å². The Hall–Kier alpha value is -8.54. The molecular formula is C58H38N2O3. The SMILES string of the molecule is c1ccc(-c2cc3c(o2)c2oc(-c4ccc(N(c5ccccc5)c5ccccc5)cc4)cc2c2ccc4cc(-c5ccc(N(c6ccccc6)c6ccccc6)cc5)oc4c23)cc1. The maximum atomic E-state index is 6.92. The maximum absolute atomic E-state index is 6.92. The van der Waals surface area contributed by atoms with E-state index in [2.05, 4.69) is 198 Å². The first-order valence-electron chi connectivity index (χ1n) is 21.2. The van der Waals surface area contributed by atoms with Crippen molar-refractivity contribution < 1.29 is 13.3 Å². The zero-order chi connectivity index (χ0) is 41.7. The van der Waals surface area contributed by atoms with Crippen LogP contribution in [0.5, 0.6) is 0 Å². The van der Waals surface area contributed by atoms with E-state index < -0.39 is 0 Å². The van der Waals surface area contributed by atoms with Gasteiger partial charge in [0.05, 0.1) is 0 Å². The average molecular weight is 811 g/mol. The molecule has 0 aliphatic heterocycles. The smallest absolute Gasteiger partial charge is 0.178 e. The van der Waals surface area contributed by atoms with E-state index in [1.54, 1.807) is 0 Å². The van der Waals surface area contributed by atoms with Crippen LogP contribution in [0.15, 0.2) is 244 Å². The second-order valence-corrected chi connectivity index (χ2v) is 15.7. The highest BCUT2D eigenvalue weighted by Crippen LogP contribution is 2.46. The molecule has 3 heterocycles. The number of benzene rings is 9. The van der Waals surface area contributed by atoms with Gasteiger partial charge in [-0.25, -0.2) is 0 Å². The van der Waals surface area contributed by atoms with Crippen molar-refractivity contribution in [2.45, 2.75) is 0 Å². The number of hydrogen-bond donors (Lipinski definition) is 0. The molecule has 0 atom stereocenters. The van der Waals surface area contributed by atoms with Crippen LogP contribution >= 0.6 is 0 Å². The van der Waals surface area contributed by atoms with Crippen LogP contribution in [0.3, 0.4) is 0 Å². The number of fused-ring (bicyclic) bond motifs is 8. The Morgan fingerprint density at radius 3 is 1.06 bits per heavy atom. The summed E-state index contributed by atoms with van der Waals surface area (Å²) in [6.45, 7) is 0. The van der Waals surface area contributed by atoms with E-state index >= 15 is 0 Å². The van der Waals surface area contributed by atoms with E-state index in [1.807, 2.05) is 42.5 Å². The van der Waals surface area contributed by atoms with Crippen LogP contribution in [0.25, 0.3) is 77.7 Å². The second-order valence-electron chi connectivity index (χ2n) is 15.7. The molecule has 0 aliphatic rings. The zero-order valence-electron chi connectivity index (χ0n) is 34.1. The summed E-state index contributed by atoms with van der Waals surface area (Å²) in [5.74, 6) is 2.32. The molecule has 0 radical (unpaired) electrons. The molecule has 3 aromatic heterocycles. The van der Waals surface area contributed by atoms with Gasteiger partial charge in [0.25, 0.3) is 0 Å². The van der Waals surface area contributed by atoms with Gasteiger partial charge in [-0.1, -0.05) is 115 Å². The van der Waals surface area contributed by atoms with Gasteiger partial charge in [-0.05, 0) is 121 Å². The normalized spacial score (nSPS) is 11.5. The molecule has 0 unspecified atom stereocenters. The van der Waals surface area contributed by atoms with Crippen LogP contribution in [0, 0.1) is 0 Å². The van der Waals surface area contributed by atoms with Gasteiger partial charge in [0.2, 0.25) is 0 Å². The molecule has 0 amide bonds. The van der Waals surface area contributed by atoms with Crippen LogP contribution in [0.4, 0.5) is 34.1 Å². The van der Waals surface area contributed by atoms with Crippen LogP contribution in [-0.2, 0) is 0 Å². The van der Waals surface area contributed by atoms with Gasteiger partial charge < -0.3 is 23.1 Å². The van der Waals surface area contributed by atoms with Crippen molar-refractivity contribution in [2.24, 2.45) is 0 Å². The molecule has 63 heavy (non-hydrogen) atoms. The summed E-state index contributed by atoms with van der Waals surface area (Å²) < 4.78 is 20.5. The van der Waals surface area contributed by atoms with Crippen LogP contribution in [0.2, 0.25) is 0 Å². The first kappa shape index (κ1) is 36.3. The second kappa shape index (κ2) is 15.2. The summed E-state index contributed by atoms with van der Waals surface area (Å²) in [4.78, 5) is 4.52. The lowest BCUT2D eigenvalue weighted by Crippen LogP contribution is -2.09. The van der Waals surface area contributed by atoms with Crippen LogP contribution < -0.4 is 9.80 Å². The number of para-hydroxylation sites is 4. The van der Waals surface area contributed by atoms with Crippen molar-refractivity contribution in [3.63, 3.8) is 0 Å². The maximum Gasteiger partial charge on any atom is 0.178 e. The third-order valence-electron chi connectivity index (χ3n) is 11.9.